The fourth-order valence-electron chi connectivity index (χ4n) is 4.25. The second-order valence-corrected chi connectivity index (χ2v) is 11.6. The Labute approximate surface area is 245 Å². The van der Waals surface area contributed by atoms with Gasteiger partial charge in [-0.25, -0.2) is 0 Å². The maximum atomic E-state index is 13.1. The zero-order valence-electron chi connectivity index (χ0n) is 19.7. The molecule has 2 fully saturated rings. The maximum absolute atomic E-state index is 13.1. The number of thiocarbonyl (C=S) groups is 1. The van der Waals surface area contributed by atoms with E-state index in [1.54, 1.807) is 24.3 Å². The summed E-state index contributed by atoms with van der Waals surface area (Å²) in [5, 5.41) is 14.5. The Kier molecular flexibility index (Phi) is 10.0. The molecule has 2 amide bonds. The fraction of sp³-hybridized carbons (Fsp3) is 0.455. The molecule has 8 nitrogen and oxygen atoms in total. The Morgan fingerprint density at radius 2 is 1.97 bits per heavy atom. The molecule has 13 heteroatoms. The van der Waals surface area contributed by atoms with E-state index in [0.717, 1.165) is 26.2 Å². The molecule has 4 rings (SSSR count). The van der Waals surface area contributed by atoms with Crippen molar-refractivity contribution < 1.29 is 49.0 Å². The molecule has 3 aliphatic heterocycles. The molecule has 1 aromatic rings. The molecule has 0 saturated carbocycles. The number of piperazine rings is 1. The molecule has 1 N–H and O–H groups in total. The van der Waals surface area contributed by atoms with Gasteiger partial charge in [-0.1, -0.05) is 47.7 Å². The smallest absolute Gasteiger partial charge is 0.543 e. The van der Waals surface area contributed by atoms with Crippen molar-refractivity contribution in [3.05, 3.63) is 46.1 Å². The van der Waals surface area contributed by atoms with E-state index in [4.69, 9.17) is 23.8 Å². The molecule has 2 saturated heterocycles. The van der Waals surface area contributed by atoms with Crippen LogP contribution in [0.1, 0.15) is 18.4 Å². The Morgan fingerprint density at radius 1 is 1.29 bits per heavy atom. The first kappa shape index (κ1) is 28.8. The van der Waals surface area contributed by atoms with E-state index in [2.05, 4.69) is 22.2 Å². The number of hydrogen-bond donors (Lipinski definition) is 1. The van der Waals surface area contributed by atoms with Crippen LogP contribution < -0.4 is 40.0 Å². The summed E-state index contributed by atoms with van der Waals surface area (Å²) in [5.41, 5.74) is 0.940. The van der Waals surface area contributed by atoms with Gasteiger partial charge in [0.1, 0.15) is 15.1 Å². The Bertz CT molecular complexity index is 1070. The van der Waals surface area contributed by atoms with E-state index in [1.807, 2.05) is 0 Å². The van der Waals surface area contributed by atoms with Crippen molar-refractivity contribution in [2.24, 2.45) is 0 Å². The number of carboxylic acid groups (broad SMARTS) is 1. The summed E-state index contributed by atoms with van der Waals surface area (Å²) in [6, 6.07) is 6.97. The molecule has 3 aliphatic rings. The maximum Gasteiger partial charge on any atom is 1.00 e. The van der Waals surface area contributed by atoms with Crippen LogP contribution in [0.3, 0.4) is 0 Å². The minimum Gasteiger partial charge on any atom is -0.543 e. The molecule has 3 heterocycles. The van der Waals surface area contributed by atoms with Gasteiger partial charge >= 0.3 is 29.6 Å². The number of hydrogen-bond acceptors (Lipinski definition) is 8. The number of β-lactam (4-membered cyclic amide) rings is 1. The van der Waals surface area contributed by atoms with Gasteiger partial charge in [-0.05, 0) is 30.3 Å². The SMILES string of the molecule is CC(=O)NC1S[C@@H]2C(c3cccc(Cl)c3)C(=O)N2C(C(=O)[O-])=C1CSC(=S)N1CCN(C)CC1.[Na+]. The van der Waals surface area contributed by atoms with E-state index < -0.39 is 22.6 Å². The largest absolute Gasteiger partial charge is 1.00 e. The molecule has 0 bridgehead atoms. The molecule has 3 atom stereocenters. The van der Waals surface area contributed by atoms with Crippen LogP contribution in [-0.2, 0) is 14.4 Å². The van der Waals surface area contributed by atoms with Gasteiger partial charge in [0.15, 0.2) is 0 Å². The first-order valence-corrected chi connectivity index (χ1v) is 13.4. The number of nitrogens with zero attached hydrogens (tertiary/aromatic N) is 3. The van der Waals surface area contributed by atoms with E-state index >= 15 is 0 Å². The summed E-state index contributed by atoms with van der Waals surface area (Å²) in [6.45, 7) is 4.77. The Hall–Kier alpha value is -0.790. The van der Waals surface area contributed by atoms with Crippen molar-refractivity contribution in [2.75, 3.05) is 39.0 Å². The van der Waals surface area contributed by atoms with Gasteiger partial charge in [-0.2, -0.15) is 0 Å². The number of fused-ring (bicyclic) bond motifs is 1. The number of carbonyl (C=O) groups excluding carboxylic acids is 3. The monoisotopic (exact) mass is 562 g/mol. The van der Waals surface area contributed by atoms with Gasteiger partial charge in [0.25, 0.3) is 0 Å². The molecule has 0 aromatic heterocycles. The fourth-order valence-corrected chi connectivity index (χ4v) is 7.49. The summed E-state index contributed by atoms with van der Waals surface area (Å²) >= 11 is 14.4. The van der Waals surface area contributed by atoms with E-state index in [0.29, 0.717) is 20.5 Å². The molecule has 2 unspecified atom stereocenters. The van der Waals surface area contributed by atoms with Gasteiger partial charge in [0.05, 0.1) is 17.6 Å². The molecule has 0 spiro atoms. The number of carboxylic acids is 1. The number of rotatable bonds is 5. The van der Waals surface area contributed by atoms with Crippen molar-refractivity contribution in [3.8, 4) is 0 Å². The molecule has 0 aliphatic carbocycles. The van der Waals surface area contributed by atoms with Crippen LogP contribution in [0.4, 0.5) is 0 Å². The summed E-state index contributed by atoms with van der Waals surface area (Å²) < 4.78 is 0.665. The van der Waals surface area contributed by atoms with Crippen LogP contribution in [0.25, 0.3) is 0 Å². The van der Waals surface area contributed by atoms with Crippen LogP contribution in [0.5, 0.6) is 0 Å². The summed E-state index contributed by atoms with van der Waals surface area (Å²) in [4.78, 5) is 42.9. The molecule has 35 heavy (non-hydrogen) atoms. The molecule has 0 radical (unpaired) electrons. The third-order valence-corrected chi connectivity index (χ3v) is 9.27. The van der Waals surface area contributed by atoms with Crippen LogP contribution >= 0.6 is 47.3 Å². The zero-order valence-corrected chi connectivity index (χ0v) is 24.9. The Morgan fingerprint density at radius 3 is 2.57 bits per heavy atom. The molecular formula is C22H24ClN4NaO4S3. The second-order valence-electron chi connectivity index (χ2n) is 8.35. The van der Waals surface area contributed by atoms with E-state index in [9.17, 15) is 19.5 Å². The first-order chi connectivity index (χ1) is 16.2. The third-order valence-electron chi connectivity index (χ3n) is 6.03. The third kappa shape index (κ3) is 6.20. The zero-order chi connectivity index (χ0) is 24.6. The van der Waals surface area contributed by atoms with Crippen LogP contribution in [-0.4, -0.2) is 86.5 Å². The van der Waals surface area contributed by atoms with Crippen molar-refractivity contribution >= 4 is 69.4 Å². The average Bonchev–Trinajstić information content (AvgIpc) is 2.77. The van der Waals surface area contributed by atoms with Crippen molar-refractivity contribution in [1.29, 1.82) is 0 Å². The predicted octanol–water partition coefficient (Wildman–Crippen LogP) is -1.93. The number of aliphatic carboxylic acids is 1. The Balaban J connectivity index is 0.00000342. The number of thioether (sulfide) groups is 2. The average molecular weight is 563 g/mol. The number of amides is 2. The number of halogens is 1. The van der Waals surface area contributed by atoms with Crippen LogP contribution in [0.2, 0.25) is 5.02 Å². The number of nitrogens with one attached hydrogen (secondary N) is 1. The van der Waals surface area contributed by atoms with Gasteiger partial charge in [0.2, 0.25) is 11.8 Å². The number of benzene rings is 1. The van der Waals surface area contributed by atoms with Crippen LogP contribution in [0.15, 0.2) is 35.5 Å². The second kappa shape index (κ2) is 12.2. The predicted molar refractivity (Wildman–Crippen MR) is 136 cm³/mol. The standard InChI is InChI=1S/C22H25ClN4O4S3.Na/c1-12(28)24-18-15(11-33-22(32)26-8-6-25(2)7-9-26)17(21(30)31)27-19(29)16(20(27)34-18)13-4-3-5-14(23)10-13;/h3-5,10,16,18,20H,6-9,11H2,1-2H3,(H,24,28)(H,30,31);/q;+1/p-1/t16?,18?,20-;/m1./s1. The van der Waals surface area contributed by atoms with E-state index in [-0.39, 0.29) is 52.8 Å². The minimum atomic E-state index is -1.44. The van der Waals surface area contributed by atoms with Gasteiger partial charge < -0.3 is 25.0 Å². The summed E-state index contributed by atoms with van der Waals surface area (Å²) in [5.74, 6) is -2.40. The molecule has 182 valence electrons. The van der Waals surface area contributed by atoms with E-state index in [1.165, 1.54) is 35.3 Å². The summed E-state index contributed by atoms with van der Waals surface area (Å²) in [7, 11) is 2.05. The van der Waals surface area contributed by atoms with Crippen LogP contribution in [0, 0.1) is 0 Å². The molecular weight excluding hydrogens is 539 g/mol. The van der Waals surface area contributed by atoms with Gasteiger partial charge in [-0.3, -0.25) is 14.5 Å². The van der Waals surface area contributed by atoms with Crippen molar-refractivity contribution in [2.45, 2.75) is 23.6 Å². The normalized spacial score (nSPS) is 24.3. The minimum absolute atomic E-state index is 0. The first-order valence-electron chi connectivity index (χ1n) is 10.7. The number of carbonyl (C=O) groups is 3. The van der Waals surface area contributed by atoms with Crippen molar-refractivity contribution in [3.63, 3.8) is 0 Å². The molecule has 1 aromatic carbocycles. The quantitative estimate of drug-likeness (QED) is 0.250. The van der Waals surface area contributed by atoms with Gasteiger partial charge in [0, 0.05) is 43.9 Å². The van der Waals surface area contributed by atoms with Gasteiger partial charge in [-0.15, -0.1) is 11.8 Å². The van der Waals surface area contributed by atoms with Crippen molar-refractivity contribution in [1.82, 2.24) is 20.0 Å². The number of likely N-dealkylation sites (N-methyl/N-ethyl adjacent to an activating group) is 1. The topological polar surface area (TPSA) is 96.0 Å². The summed E-state index contributed by atoms with van der Waals surface area (Å²) in [6.07, 6.45) is 0.